The highest BCUT2D eigenvalue weighted by Crippen LogP contribution is 2.54. The lowest BCUT2D eigenvalue weighted by Crippen LogP contribution is -2.63. The molecule has 4 nitrogen and oxygen atoms in total. The van der Waals surface area contributed by atoms with Gasteiger partial charge in [0.05, 0.1) is 6.04 Å². The molecule has 0 aliphatic carbocycles. The lowest BCUT2D eigenvalue weighted by Gasteiger charge is -2.34. The predicted octanol–water partition coefficient (Wildman–Crippen LogP) is 5.83. The molecule has 1 N–H and O–H groups in total. The summed E-state index contributed by atoms with van der Waals surface area (Å²) in [4.78, 5) is 14.4. The number of nitrogens with one attached hydrogen (secondary N) is 1. The maximum atomic E-state index is 14.4. The van der Waals surface area contributed by atoms with Crippen molar-refractivity contribution in [2.75, 3.05) is 13.1 Å². The maximum absolute atomic E-state index is 14.4. The topological polar surface area (TPSA) is 49.4 Å². The van der Waals surface area contributed by atoms with Gasteiger partial charge >= 0.3 is 23.3 Å². The molecule has 0 radical (unpaired) electrons. The fraction of sp³-hybridized carbons (Fsp3) is 0.409. The van der Waals surface area contributed by atoms with Crippen molar-refractivity contribution >= 4 is 16.9 Å². The minimum atomic E-state index is -7.25. The van der Waals surface area contributed by atoms with E-state index >= 15 is 0 Å². The van der Waals surface area contributed by atoms with Crippen molar-refractivity contribution in [1.82, 2.24) is 9.62 Å². The fourth-order valence-electron chi connectivity index (χ4n) is 3.69. The number of benzene rings is 2. The first-order chi connectivity index (χ1) is 17.0. The van der Waals surface area contributed by atoms with E-state index in [2.05, 4.69) is 0 Å². The summed E-state index contributed by atoms with van der Waals surface area (Å²) in [7, 11) is -4.60. The molecule has 2 atom stereocenters. The molecule has 1 amide bonds. The number of hydrogen-bond acceptors (Lipinski definition) is 2. The second kappa shape index (κ2) is 10.2. The normalized spacial score (nSPS) is 17.1. The molecule has 0 bridgehead atoms. The molecule has 1 aliphatic rings. The van der Waals surface area contributed by atoms with Crippen LogP contribution in [0.15, 0.2) is 48.5 Å². The van der Waals surface area contributed by atoms with Gasteiger partial charge in [0.2, 0.25) is 0 Å². The van der Waals surface area contributed by atoms with Gasteiger partial charge in [-0.1, -0.05) is 30.3 Å². The summed E-state index contributed by atoms with van der Waals surface area (Å²) in [6.45, 7) is 0.655. The van der Waals surface area contributed by atoms with E-state index in [1.54, 1.807) is 0 Å². The van der Waals surface area contributed by atoms with Crippen LogP contribution in [0.3, 0.4) is 0 Å². The van der Waals surface area contributed by atoms with Gasteiger partial charge < -0.3 is 4.90 Å². The summed E-state index contributed by atoms with van der Waals surface area (Å²) in [5.74, 6) is -16.0. The molecule has 0 saturated carbocycles. The van der Waals surface area contributed by atoms with E-state index in [1.165, 1.54) is 27.8 Å². The van der Waals surface area contributed by atoms with E-state index in [9.17, 15) is 52.9 Å². The van der Waals surface area contributed by atoms with Crippen LogP contribution in [-0.2, 0) is 11.0 Å². The highest BCUT2D eigenvalue weighted by atomic mass is 32.2. The van der Waals surface area contributed by atoms with Gasteiger partial charge in [-0.25, -0.2) is 13.3 Å². The van der Waals surface area contributed by atoms with Crippen molar-refractivity contribution in [3.63, 3.8) is 0 Å². The summed E-state index contributed by atoms with van der Waals surface area (Å²) in [6.07, 6.45) is -5.79. The maximum Gasteiger partial charge on any atom is 0.460 e. The van der Waals surface area contributed by atoms with Gasteiger partial charge in [0, 0.05) is 18.7 Å². The largest absolute Gasteiger partial charge is 0.460 e. The van der Waals surface area contributed by atoms with Gasteiger partial charge in [0.1, 0.15) is 5.82 Å². The Morgan fingerprint density at radius 1 is 0.865 bits per heavy atom. The highest BCUT2D eigenvalue weighted by molar-refractivity contribution is 7.84. The van der Waals surface area contributed by atoms with Crippen molar-refractivity contribution in [1.29, 1.82) is 0 Å². The lowest BCUT2D eigenvalue weighted by atomic mass is 9.94. The number of hydrogen-bond donors (Lipinski definition) is 1. The molecule has 3 rings (SSSR count). The minimum Gasteiger partial charge on any atom is -0.339 e. The van der Waals surface area contributed by atoms with Crippen molar-refractivity contribution in [2.24, 2.45) is 0 Å². The van der Waals surface area contributed by atoms with E-state index in [0.29, 0.717) is 32.0 Å². The highest BCUT2D eigenvalue weighted by Gasteiger charge is 2.83. The molecule has 204 valence electrons. The Morgan fingerprint density at radius 2 is 1.46 bits per heavy atom. The number of halogens is 10. The van der Waals surface area contributed by atoms with Crippen LogP contribution >= 0.6 is 0 Å². The van der Waals surface area contributed by atoms with E-state index < -0.39 is 52.0 Å². The summed E-state index contributed by atoms with van der Waals surface area (Å²) in [5, 5.41) is -6.47. The number of likely N-dealkylation sites (tertiary alicyclic amines) is 1. The SMILES string of the molecule is O=C(c1ccccc1C(NS(=O)C(F)(F)C(F)(F)C(F)(F)C(F)(F)F)c1cccc(F)c1)N1CCCC1. The van der Waals surface area contributed by atoms with Crippen LogP contribution in [0.25, 0.3) is 0 Å². The molecular weight excluding hydrogens is 546 g/mol. The first kappa shape index (κ1) is 28.9. The summed E-state index contributed by atoms with van der Waals surface area (Å²) >= 11 is 0. The molecule has 2 aromatic carbocycles. The number of rotatable bonds is 8. The lowest BCUT2D eigenvalue weighted by molar-refractivity contribution is -0.381. The Labute approximate surface area is 206 Å². The van der Waals surface area contributed by atoms with Gasteiger partial charge in [-0.3, -0.25) is 4.79 Å². The van der Waals surface area contributed by atoms with Crippen molar-refractivity contribution in [3.05, 3.63) is 71.0 Å². The van der Waals surface area contributed by atoms with Crippen molar-refractivity contribution in [2.45, 2.75) is 42.2 Å². The Bertz CT molecular complexity index is 1170. The van der Waals surface area contributed by atoms with E-state index in [0.717, 1.165) is 24.3 Å². The van der Waals surface area contributed by atoms with Crippen LogP contribution in [0, 0.1) is 5.82 Å². The number of amides is 1. The smallest absolute Gasteiger partial charge is 0.339 e. The predicted molar refractivity (Wildman–Crippen MR) is 112 cm³/mol. The van der Waals surface area contributed by atoms with Gasteiger partial charge in [-0.05, 0) is 42.2 Å². The molecule has 0 aromatic heterocycles. The van der Waals surface area contributed by atoms with E-state index in [1.807, 2.05) is 0 Å². The Kier molecular flexibility index (Phi) is 7.99. The summed E-state index contributed by atoms with van der Waals surface area (Å²) in [5.41, 5.74) is -0.823. The van der Waals surface area contributed by atoms with Gasteiger partial charge in [0.15, 0.2) is 11.0 Å². The monoisotopic (exact) mass is 564 g/mol. The third-order valence-corrected chi connectivity index (χ3v) is 6.82. The zero-order valence-corrected chi connectivity index (χ0v) is 19.3. The molecule has 2 unspecified atom stereocenters. The van der Waals surface area contributed by atoms with Crippen LogP contribution in [0.5, 0.6) is 0 Å². The first-order valence-electron chi connectivity index (χ1n) is 10.5. The Hall–Kier alpha value is -2.68. The molecule has 1 fully saturated rings. The minimum absolute atomic E-state index is 0.196. The fourth-order valence-corrected chi connectivity index (χ4v) is 4.68. The third kappa shape index (κ3) is 5.33. The number of alkyl halides is 9. The van der Waals surface area contributed by atoms with Gasteiger partial charge in [-0.15, -0.1) is 0 Å². The quantitative estimate of drug-likeness (QED) is 0.411. The van der Waals surface area contributed by atoms with Gasteiger partial charge in [-0.2, -0.15) is 39.5 Å². The number of nitrogens with zero attached hydrogens (tertiary/aromatic N) is 1. The van der Waals surface area contributed by atoms with Crippen LogP contribution < -0.4 is 4.72 Å². The molecule has 2 aromatic rings. The molecule has 1 heterocycles. The molecule has 1 aliphatic heterocycles. The molecule has 15 heteroatoms. The van der Waals surface area contributed by atoms with Crippen LogP contribution in [0.4, 0.5) is 43.9 Å². The van der Waals surface area contributed by atoms with Crippen LogP contribution in [0.1, 0.15) is 40.4 Å². The molecule has 0 spiro atoms. The van der Waals surface area contributed by atoms with E-state index in [-0.39, 0.29) is 16.7 Å². The average Bonchev–Trinajstić information content (AvgIpc) is 3.36. The summed E-state index contributed by atoms with van der Waals surface area (Å²) < 4.78 is 148. The molecule has 1 saturated heterocycles. The zero-order valence-electron chi connectivity index (χ0n) is 18.5. The van der Waals surface area contributed by atoms with E-state index in [4.69, 9.17) is 0 Å². The number of carbonyl (C=O) groups excluding carboxylic acids is 1. The van der Waals surface area contributed by atoms with Gasteiger partial charge in [0.25, 0.3) is 5.91 Å². The molecular formula is C22H18F10N2O2S. The molecule has 37 heavy (non-hydrogen) atoms. The van der Waals surface area contributed by atoms with Crippen molar-refractivity contribution < 1.29 is 52.9 Å². The van der Waals surface area contributed by atoms with Crippen LogP contribution in [-0.4, -0.2) is 51.4 Å². The second-order valence-electron chi connectivity index (χ2n) is 8.12. The second-order valence-corrected chi connectivity index (χ2v) is 9.41. The first-order valence-corrected chi connectivity index (χ1v) is 11.7. The Morgan fingerprint density at radius 3 is 2.03 bits per heavy atom. The third-order valence-electron chi connectivity index (χ3n) is 5.65. The van der Waals surface area contributed by atoms with Crippen LogP contribution in [0.2, 0.25) is 0 Å². The average molecular weight is 564 g/mol. The zero-order chi connectivity index (χ0) is 27.8. The number of carbonyl (C=O) groups is 1. The standard InChI is InChI=1S/C22H18F10N2O2S/c23-14-7-5-6-13(12-14)17(15-8-1-2-9-16(15)18(35)34-10-3-4-11-34)33-37(36)22(31,32)20(26,27)19(24,25)21(28,29)30/h1-2,5-9,12,17,33H,3-4,10-11H2. The summed E-state index contributed by atoms with van der Waals surface area (Å²) in [6, 6.07) is 6.75. The Balaban J connectivity index is 2.08. The van der Waals surface area contributed by atoms with Crippen molar-refractivity contribution in [3.8, 4) is 0 Å².